The summed E-state index contributed by atoms with van der Waals surface area (Å²) in [4.78, 5) is 51.2. The highest BCUT2D eigenvalue weighted by Gasteiger charge is 2.39. The summed E-state index contributed by atoms with van der Waals surface area (Å²) in [6.45, 7) is 1.23. The average molecular weight is 587 g/mol. The van der Waals surface area contributed by atoms with Gasteiger partial charge in [-0.1, -0.05) is 66.7 Å². The Morgan fingerprint density at radius 2 is 1.68 bits per heavy atom. The number of rotatable bonds is 7. The molecular formula is C34H30N6O4. The van der Waals surface area contributed by atoms with Gasteiger partial charge < -0.3 is 15.6 Å². The summed E-state index contributed by atoms with van der Waals surface area (Å²) in [5.41, 5.74) is 12.3. The Hall–Kier alpha value is -5.48. The molecule has 7 rings (SSSR count). The lowest BCUT2D eigenvalue weighted by Gasteiger charge is -2.29. The van der Waals surface area contributed by atoms with Crippen molar-refractivity contribution in [3.63, 3.8) is 0 Å². The second-order valence-corrected chi connectivity index (χ2v) is 11.2. The summed E-state index contributed by atoms with van der Waals surface area (Å²) in [5.74, 6) is -1.29. The number of benzene rings is 4. The van der Waals surface area contributed by atoms with Crippen LogP contribution in [0.2, 0.25) is 0 Å². The molecule has 0 aliphatic carbocycles. The molecule has 1 atom stereocenters. The molecule has 4 amide bonds. The van der Waals surface area contributed by atoms with Crippen LogP contribution >= 0.6 is 0 Å². The average Bonchev–Trinajstić information content (AvgIpc) is 3.64. The maximum Gasteiger partial charge on any atom is 0.255 e. The van der Waals surface area contributed by atoms with E-state index in [2.05, 4.69) is 58.1 Å². The van der Waals surface area contributed by atoms with E-state index in [0.717, 1.165) is 22.4 Å². The molecule has 1 unspecified atom stereocenters. The van der Waals surface area contributed by atoms with Crippen LogP contribution in [0.4, 0.5) is 0 Å². The van der Waals surface area contributed by atoms with E-state index < -0.39 is 11.9 Å². The zero-order chi connectivity index (χ0) is 30.2. The van der Waals surface area contributed by atoms with Crippen LogP contribution < -0.4 is 21.6 Å². The van der Waals surface area contributed by atoms with Crippen LogP contribution in [0.3, 0.4) is 0 Å². The fourth-order valence-electron chi connectivity index (χ4n) is 5.99. The molecule has 10 nitrogen and oxygen atoms in total. The van der Waals surface area contributed by atoms with Crippen LogP contribution in [0.15, 0.2) is 91.1 Å². The molecule has 3 heterocycles. The number of amides is 4. The van der Waals surface area contributed by atoms with Gasteiger partial charge >= 0.3 is 0 Å². The van der Waals surface area contributed by atoms with E-state index in [4.69, 9.17) is 0 Å². The first-order valence-corrected chi connectivity index (χ1v) is 14.5. The highest BCUT2D eigenvalue weighted by molar-refractivity contribution is 6.06. The number of hydrogen-bond donors (Lipinski definition) is 4. The van der Waals surface area contributed by atoms with Crippen molar-refractivity contribution >= 4 is 40.1 Å². The van der Waals surface area contributed by atoms with Crippen molar-refractivity contribution < 1.29 is 19.2 Å². The molecule has 1 fully saturated rings. The third kappa shape index (κ3) is 5.27. The maximum absolute atomic E-state index is 13.0. The van der Waals surface area contributed by atoms with E-state index in [0.29, 0.717) is 36.2 Å². The number of carbonyl (C=O) groups excluding carboxylic acids is 4. The van der Waals surface area contributed by atoms with E-state index >= 15 is 0 Å². The minimum Gasteiger partial charge on any atom is -0.348 e. The van der Waals surface area contributed by atoms with Gasteiger partial charge in [0.25, 0.3) is 11.8 Å². The molecule has 3 aliphatic heterocycles. The zero-order valence-electron chi connectivity index (χ0n) is 23.8. The lowest BCUT2D eigenvalue weighted by Crippen LogP contribution is -2.52. The second-order valence-electron chi connectivity index (χ2n) is 11.2. The molecule has 0 aromatic heterocycles. The van der Waals surface area contributed by atoms with Gasteiger partial charge in [0.1, 0.15) is 6.04 Å². The molecule has 4 aromatic carbocycles. The van der Waals surface area contributed by atoms with Gasteiger partial charge in [0, 0.05) is 42.4 Å². The van der Waals surface area contributed by atoms with Crippen LogP contribution in [-0.2, 0) is 29.2 Å². The Morgan fingerprint density at radius 1 is 0.886 bits per heavy atom. The lowest BCUT2D eigenvalue weighted by atomic mass is 10.0. The number of hydrazine groups is 2. The van der Waals surface area contributed by atoms with Crippen molar-refractivity contribution in [2.45, 2.75) is 38.5 Å². The molecule has 3 aliphatic rings. The molecule has 0 spiro atoms. The SMILES string of the molecule is O=C1CCC(N2Cc3cc(C(=O)NCc4ccc(CN5C=C(c6cccc7ccccc67)NN5)cc4)ccc3C2=O)C(=O)N1. The fraction of sp³-hybridized carbons (Fsp3) is 0.176. The van der Waals surface area contributed by atoms with Gasteiger partial charge in [-0.05, 0) is 52.1 Å². The van der Waals surface area contributed by atoms with Gasteiger partial charge in [-0.15, -0.1) is 5.53 Å². The van der Waals surface area contributed by atoms with E-state index in [1.54, 1.807) is 18.2 Å². The number of imide groups is 1. The normalized spacial score (nSPS) is 17.8. The molecule has 1 saturated heterocycles. The Labute approximate surface area is 253 Å². The van der Waals surface area contributed by atoms with Crippen LogP contribution in [0.1, 0.15) is 55.8 Å². The van der Waals surface area contributed by atoms with Crippen molar-refractivity contribution in [2.24, 2.45) is 0 Å². The van der Waals surface area contributed by atoms with Gasteiger partial charge in [-0.25, -0.2) is 0 Å². The molecule has 4 aromatic rings. The monoisotopic (exact) mass is 586 g/mol. The first-order valence-electron chi connectivity index (χ1n) is 14.5. The van der Waals surface area contributed by atoms with Crippen molar-refractivity contribution in [3.8, 4) is 0 Å². The minimum atomic E-state index is -0.687. The van der Waals surface area contributed by atoms with Gasteiger partial charge in [0.2, 0.25) is 11.8 Å². The van der Waals surface area contributed by atoms with Gasteiger partial charge in [-0.3, -0.25) is 29.5 Å². The predicted octanol–water partition coefficient (Wildman–Crippen LogP) is 3.35. The lowest BCUT2D eigenvalue weighted by molar-refractivity contribution is -0.136. The number of nitrogens with one attached hydrogen (secondary N) is 4. The van der Waals surface area contributed by atoms with E-state index in [1.807, 2.05) is 41.4 Å². The third-order valence-corrected chi connectivity index (χ3v) is 8.31. The first-order chi connectivity index (χ1) is 21.4. The fourth-order valence-corrected chi connectivity index (χ4v) is 5.99. The Kier molecular flexibility index (Phi) is 7.03. The quantitative estimate of drug-likeness (QED) is 0.245. The number of fused-ring (bicyclic) bond motifs is 2. The summed E-state index contributed by atoms with van der Waals surface area (Å²) >= 11 is 0. The summed E-state index contributed by atoms with van der Waals surface area (Å²) in [7, 11) is 0. The van der Waals surface area contributed by atoms with E-state index in [1.165, 1.54) is 15.7 Å². The van der Waals surface area contributed by atoms with Gasteiger partial charge in [0.05, 0.1) is 12.2 Å². The highest BCUT2D eigenvalue weighted by Crippen LogP contribution is 2.29. The minimum absolute atomic E-state index is 0.196. The van der Waals surface area contributed by atoms with Crippen molar-refractivity contribution in [2.75, 3.05) is 0 Å². The summed E-state index contributed by atoms with van der Waals surface area (Å²) in [5, 5.41) is 9.63. The molecule has 0 saturated carbocycles. The van der Waals surface area contributed by atoms with E-state index in [-0.39, 0.29) is 30.7 Å². The predicted molar refractivity (Wildman–Crippen MR) is 164 cm³/mol. The summed E-state index contributed by atoms with van der Waals surface area (Å²) < 4.78 is 0. The number of nitrogens with zero attached hydrogens (tertiary/aromatic N) is 2. The number of hydrogen-bond acceptors (Lipinski definition) is 7. The molecular weight excluding hydrogens is 556 g/mol. The van der Waals surface area contributed by atoms with E-state index in [9.17, 15) is 19.2 Å². The molecule has 44 heavy (non-hydrogen) atoms. The molecule has 220 valence electrons. The standard InChI is InChI=1S/C34H30N6O4/c41-31-15-14-30(33(43)36-31)40-19-25-16-24(12-13-27(25)34(40)44)32(42)35-17-21-8-10-22(11-9-21)18-39-20-29(37-38-39)28-7-3-5-23-4-1-2-6-26(23)28/h1-13,16,20,30,37-38H,14-15,17-19H2,(H,35,42)(H,36,41,43). The molecule has 0 bridgehead atoms. The molecule has 10 heteroatoms. The second kappa shape index (κ2) is 11.3. The topological polar surface area (TPSA) is 123 Å². The van der Waals surface area contributed by atoms with Crippen molar-refractivity contribution in [1.82, 2.24) is 31.5 Å². The van der Waals surface area contributed by atoms with Crippen molar-refractivity contribution in [1.29, 1.82) is 0 Å². The third-order valence-electron chi connectivity index (χ3n) is 8.31. The van der Waals surface area contributed by atoms with Gasteiger partial charge in [0.15, 0.2) is 0 Å². The zero-order valence-corrected chi connectivity index (χ0v) is 23.8. The molecule has 0 radical (unpaired) electrons. The van der Waals surface area contributed by atoms with Crippen LogP contribution in [0, 0.1) is 0 Å². The van der Waals surface area contributed by atoms with Crippen LogP contribution in [0.25, 0.3) is 16.5 Å². The summed E-state index contributed by atoms with van der Waals surface area (Å²) in [6.07, 6.45) is 2.55. The number of carbonyl (C=O) groups is 4. The molecule has 4 N–H and O–H groups in total. The first kappa shape index (κ1) is 27.4. The largest absolute Gasteiger partial charge is 0.348 e. The van der Waals surface area contributed by atoms with Gasteiger partial charge in [-0.2, -0.15) is 0 Å². The van der Waals surface area contributed by atoms with Crippen LogP contribution in [0.5, 0.6) is 0 Å². The smallest absolute Gasteiger partial charge is 0.255 e. The Morgan fingerprint density at radius 3 is 2.52 bits per heavy atom. The highest BCUT2D eigenvalue weighted by atomic mass is 16.2. The summed E-state index contributed by atoms with van der Waals surface area (Å²) in [6, 6.07) is 26.9. The van der Waals surface area contributed by atoms with Crippen molar-refractivity contribution in [3.05, 3.63) is 125 Å². The Bertz CT molecular complexity index is 1850. The number of piperidine rings is 1. The Balaban J connectivity index is 0.948. The maximum atomic E-state index is 13.0. The van der Waals surface area contributed by atoms with Crippen LogP contribution in [-0.4, -0.2) is 39.6 Å².